The van der Waals surface area contributed by atoms with E-state index >= 15 is 0 Å². The minimum Gasteiger partial charge on any atom is -0.391 e. The van der Waals surface area contributed by atoms with Crippen molar-refractivity contribution in [2.24, 2.45) is 5.16 Å². The van der Waals surface area contributed by atoms with Gasteiger partial charge in [0.1, 0.15) is 23.0 Å². The first-order valence-electron chi connectivity index (χ1n) is 8.25. The molecule has 8 heteroatoms. The SMILES string of the molecule is C=CCON=C1CCCc2nnc(-c3cnc(-c4cccnc4)s3)nc21. The van der Waals surface area contributed by atoms with E-state index in [0.29, 0.717) is 12.4 Å². The van der Waals surface area contributed by atoms with Gasteiger partial charge in [-0.1, -0.05) is 17.8 Å². The van der Waals surface area contributed by atoms with Gasteiger partial charge in [-0.25, -0.2) is 9.97 Å². The Morgan fingerprint density at radius 2 is 2.23 bits per heavy atom. The van der Waals surface area contributed by atoms with Crippen molar-refractivity contribution in [1.82, 2.24) is 25.1 Å². The molecule has 0 atom stereocenters. The van der Waals surface area contributed by atoms with Crippen molar-refractivity contribution >= 4 is 17.0 Å². The molecule has 3 aromatic heterocycles. The molecule has 130 valence electrons. The Balaban J connectivity index is 1.67. The van der Waals surface area contributed by atoms with E-state index < -0.39 is 0 Å². The summed E-state index contributed by atoms with van der Waals surface area (Å²) in [5.41, 5.74) is 3.40. The van der Waals surface area contributed by atoms with Gasteiger partial charge in [0.05, 0.1) is 10.6 Å². The average Bonchev–Trinajstić information content (AvgIpc) is 3.19. The van der Waals surface area contributed by atoms with Crippen LogP contribution < -0.4 is 0 Å². The highest BCUT2D eigenvalue weighted by molar-refractivity contribution is 7.18. The number of hydrogen-bond acceptors (Lipinski definition) is 8. The van der Waals surface area contributed by atoms with Crippen molar-refractivity contribution < 1.29 is 4.84 Å². The summed E-state index contributed by atoms with van der Waals surface area (Å²) in [6, 6.07) is 3.86. The lowest BCUT2D eigenvalue weighted by atomic mass is 9.99. The molecule has 0 saturated heterocycles. The topological polar surface area (TPSA) is 86.0 Å². The number of thiazole rings is 1. The van der Waals surface area contributed by atoms with Gasteiger partial charge < -0.3 is 4.84 Å². The normalized spacial score (nSPS) is 14.8. The summed E-state index contributed by atoms with van der Waals surface area (Å²) < 4.78 is 0. The molecule has 7 nitrogen and oxygen atoms in total. The van der Waals surface area contributed by atoms with Gasteiger partial charge in [0.15, 0.2) is 5.82 Å². The summed E-state index contributed by atoms with van der Waals surface area (Å²) in [6.07, 6.45) is 9.58. The van der Waals surface area contributed by atoms with Crippen LogP contribution in [0.1, 0.15) is 24.2 Å². The maximum absolute atomic E-state index is 5.25. The Kier molecular flexibility index (Phi) is 4.74. The number of oxime groups is 1. The molecule has 0 radical (unpaired) electrons. The second-order valence-electron chi connectivity index (χ2n) is 5.68. The van der Waals surface area contributed by atoms with E-state index in [0.717, 1.165) is 51.8 Å². The first-order valence-corrected chi connectivity index (χ1v) is 9.07. The molecular formula is C18H16N6OS. The first-order chi connectivity index (χ1) is 12.8. The van der Waals surface area contributed by atoms with Crippen LogP contribution in [0.5, 0.6) is 0 Å². The lowest BCUT2D eigenvalue weighted by Gasteiger charge is -2.15. The van der Waals surface area contributed by atoms with Crippen LogP contribution in [0.25, 0.3) is 21.3 Å². The van der Waals surface area contributed by atoms with Crippen LogP contribution in [0, 0.1) is 0 Å². The maximum Gasteiger partial charge on any atom is 0.194 e. The highest BCUT2D eigenvalue weighted by atomic mass is 32.1. The Morgan fingerprint density at radius 3 is 3.08 bits per heavy atom. The summed E-state index contributed by atoms with van der Waals surface area (Å²) in [5.74, 6) is 0.551. The van der Waals surface area contributed by atoms with Crippen molar-refractivity contribution in [2.75, 3.05) is 6.61 Å². The fourth-order valence-corrected chi connectivity index (χ4v) is 3.49. The van der Waals surface area contributed by atoms with Crippen LogP contribution in [0.4, 0.5) is 0 Å². The summed E-state index contributed by atoms with van der Waals surface area (Å²) in [5, 5.41) is 13.7. The van der Waals surface area contributed by atoms with E-state index in [2.05, 4.69) is 31.9 Å². The van der Waals surface area contributed by atoms with Gasteiger partial charge in [0.25, 0.3) is 0 Å². The number of hydrogen-bond donors (Lipinski definition) is 0. The van der Waals surface area contributed by atoms with E-state index in [-0.39, 0.29) is 0 Å². The Bertz CT molecular complexity index is 953. The molecule has 0 saturated carbocycles. The predicted molar refractivity (Wildman–Crippen MR) is 99.8 cm³/mol. The van der Waals surface area contributed by atoms with Gasteiger partial charge in [-0.05, 0) is 31.4 Å². The van der Waals surface area contributed by atoms with E-state index in [4.69, 9.17) is 9.82 Å². The number of fused-ring (bicyclic) bond motifs is 1. The van der Waals surface area contributed by atoms with Gasteiger partial charge >= 0.3 is 0 Å². The van der Waals surface area contributed by atoms with Gasteiger partial charge in [0, 0.05) is 24.2 Å². The zero-order valence-corrected chi connectivity index (χ0v) is 14.8. The minimum atomic E-state index is 0.369. The standard InChI is InChI=1S/C18H16N6OS/c1-2-9-25-24-14-7-3-6-13-16(14)21-17(23-22-13)15-11-20-18(26-15)12-5-4-8-19-10-12/h2,4-5,8,10-11H,1,3,6-7,9H2. The molecule has 0 amide bonds. The van der Waals surface area contributed by atoms with Gasteiger partial charge in [-0.3, -0.25) is 4.98 Å². The molecule has 0 aromatic carbocycles. The third-order valence-electron chi connectivity index (χ3n) is 3.86. The molecule has 1 aliphatic rings. The zero-order chi connectivity index (χ0) is 17.8. The number of aryl methyl sites for hydroxylation is 1. The van der Waals surface area contributed by atoms with Crippen LogP contribution >= 0.6 is 11.3 Å². The second kappa shape index (κ2) is 7.49. The summed E-state index contributed by atoms with van der Waals surface area (Å²) in [6.45, 7) is 4.00. The number of nitrogens with zero attached hydrogens (tertiary/aromatic N) is 6. The molecule has 3 heterocycles. The van der Waals surface area contributed by atoms with Crippen molar-refractivity contribution in [1.29, 1.82) is 0 Å². The fourth-order valence-electron chi connectivity index (χ4n) is 2.65. The van der Waals surface area contributed by atoms with Crippen LogP contribution in [-0.2, 0) is 11.3 Å². The van der Waals surface area contributed by atoms with Crippen molar-refractivity contribution in [2.45, 2.75) is 19.3 Å². The molecular weight excluding hydrogens is 348 g/mol. The number of rotatable bonds is 5. The molecule has 0 N–H and O–H groups in total. The lowest BCUT2D eigenvalue weighted by molar-refractivity contribution is 0.174. The zero-order valence-electron chi connectivity index (χ0n) is 14.0. The molecule has 4 rings (SSSR count). The molecule has 0 fully saturated rings. The summed E-state index contributed by atoms with van der Waals surface area (Å²) in [4.78, 5) is 19.4. The smallest absolute Gasteiger partial charge is 0.194 e. The molecule has 0 spiro atoms. The number of pyridine rings is 1. The molecule has 3 aromatic rings. The Labute approximate surface area is 154 Å². The molecule has 0 aliphatic heterocycles. The highest BCUT2D eigenvalue weighted by Crippen LogP contribution is 2.30. The van der Waals surface area contributed by atoms with Crippen LogP contribution in [0.2, 0.25) is 0 Å². The van der Waals surface area contributed by atoms with Crippen LogP contribution in [0.15, 0.2) is 48.5 Å². The summed E-state index contributed by atoms with van der Waals surface area (Å²) >= 11 is 1.51. The Morgan fingerprint density at radius 1 is 1.27 bits per heavy atom. The molecule has 26 heavy (non-hydrogen) atoms. The molecule has 0 unspecified atom stereocenters. The van der Waals surface area contributed by atoms with Crippen molar-refractivity contribution in [3.63, 3.8) is 0 Å². The molecule has 1 aliphatic carbocycles. The third-order valence-corrected chi connectivity index (χ3v) is 4.90. The second-order valence-corrected chi connectivity index (χ2v) is 6.71. The third kappa shape index (κ3) is 3.36. The largest absolute Gasteiger partial charge is 0.391 e. The monoisotopic (exact) mass is 364 g/mol. The number of aromatic nitrogens is 5. The Hall–Kier alpha value is -3.00. The van der Waals surface area contributed by atoms with Gasteiger partial charge in [-0.2, -0.15) is 5.10 Å². The molecule has 0 bridgehead atoms. The fraction of sp³-hybridized carbons (Fsp3) is 0.222. The maximum atomic E-state index is 5.25. The van der Waals surface area contributed by atoms with Gasteiger partial charge in [-0.15, -0.1) is 16.4 Å². The average molecular weight is 364 g/mol. The highest BCUT2D eigenvalue weighted by Gasteiger charge is 2.22. The minimum absolute atomic E-state index is 0.369. The van der Waals surface area contributed by atoms with Gasteiger partial charge in [0.2, 0.25) is 0 Å². The van der Waals surface area contributed by atoms with Crippen molar-refractivity contribution in [3.05, 3.63) is 54.8 Å². The van der Waals surface area contributed by atoms with E-state index in [1.165, 1.54) is 11.3 Å². The van der Waals surface area contributed by atoms with Crippen molar-refractivity contribution in [3.8, 4) is 21.3 Å². The lowest BCUT2D eigenvalue weighted by Crippen LogP contribution is -2.18. The van der Waals surface area contributed by atoms with E-state index in [1.54, 1.807) is 24.7 Å². The summed E-state index contributed by atoms with van der Waals surface area (Å²) in [7, 11) is 0. The predicted octanol–water partition coefficient (Wildman–Crippen LogP) is 3.30. The van der Waals surface area contributed by atoms with E-state index in [9.17, 15) is 0 Å². The quantitative estimate of drug-likeness (QED) is 0.392. The first kappa shape index (κ1) is 16.5. The van der Waals surface area contributed by atoms with E-state index in [1.807, 2.05) is 12.1 Å². The van der Waals surface area contributed by atoms with Crippen LogP contribution in [0.3, 0.4) is 0 Å². The van der Waals surface area contributed by atoms with Crippen LogP contribution in [-0.4, -0.2) is 37.5 Å².